The van der Waals surface area contributed by atoms with Gasteiger partial charge in [-0.2, -0.15) is 0 Å². The molecular weight excluding hydrogens is 304 g/mol. The van der Waals surface area contributed by atoms with E-state index in [0.717, 1.165) is 25.7 Å². The summed E-state index contributed by atoms with van der Waals surface area (Å²) in [5.74, 6) is 1.61. The minimum atomic E-state index is -0.0868. The summed E-state index contributed by atoms with van der Waals surface area (Å²) in [4.78, 5) is 21.6. The zero-order valence-electron chi connectivity index (χ0n) is 14.7. The molecule has 0 unspecified atom stereocenters. The average Bonchev–Trinajstić information content (AvgIpc) is 3.40. The van der Waals surface area contributed by atoms with Crippen LogP contribution in [0.2, 0.25) is 0 Å². The SMILES string of the molecule is Cc1oc2ncnc(NC3(C)CC3)c2c1C(=O)NC1(C(C)C)CC1. The van der Waals surface area contributed by atoms with Crippen LogP contribution in [0.5, 0.6) is 0 Å². The molecule has 4 rings (SSSR count). The number of anilines is 1. The Morgan fingerprint density at radius 2 is 1.96 bits per heavy atom. The predicted octanol–water partition coefficient (Wildman–Crippen LogP) is 3.41. The maximum Gasteiger partial charge on any atom is 0.256 e. The fourth-order valence-electron chi connectivity index (χ4n) is 3.28. The van der Waals surface area contributed by atoms with Crippen molar-refractivity contribution in [1.82, 2.24) is 15.3 Å². The van der Waals surface area contributed by atoms with Gasteiger partial charge < -0.3 is 15.1 Å². The molecule has 0 bridgehead atoms. The Balaban J connectivity index is 1.74. The lowest BCUT2D eigenvalue weighted by Crippen LogP contribution is -2.40. The van der Waals surface area contributed by atoms with Gasteiger partial charge in [-0.15, -0.1) is 0 Å². The van der Waals surface area contributed by atoms with Crippen LogP contribution in [0.3, 0.4) is 0 Å². The van der Waals surface area contributed by atoms with Gasteiger partial charge in [0, 0.05) is 11.1 Å². The highest BCUT2D eigenvalue weighted by Crippen LogP contribution is 2.43. The number of aromatic nitrogens is 2. The normalized spacial score (nSPS) is 20.2. The molecule has 24 heavy (non-hydrogen) atoms. The highest BCUT2D eigenvalue weighted by molar-refractivity contribution is 6.10. The smallest absolute Gasteiger partial charge is 0.256 e. The fourth-order valence-corrected chi connectivity index (χ4v) is 3.28. The number of hydrogen-bond acceptors (Lipinski definition) is 5. The number of aryl methyl sites for hydroxylation is 1. The Kier molecular flexibility index (Phi) is 3.18. The number of fused-ring (bicyclic) bond motifs is 1. The lowest BCUT2D eigenvalue weighted by atomic mass is 10.0. The van der Waals surface area contributed by atoms with E-state index in [-0.39, 0.29) is 17.0 Å². The third-order valence-electron chi connectivity index (χ3n) is 5.57. The van der Waals surface area contributed by atoms with Crippen molar-refractivity contribution < 1.29 is 9.21 Å². The zero-order chi connectivity index (χ0) is 17.1. The maximum absolute atomic E-state index is 13.0. The van der Waals surface area contributed by atoms with Crippen LogP contribution in [-0.4, -0.2) is 27.0 Å². The Morgan fingerprint density at radius 1 is 1.25 bits per heavy atom. The highest BCUT2D eigenvalue weighted by Gasteiger charge is 2.47. The van der Waals surface area contributed by atoms with Gasteiger partial charge in [0.05, 0.1) is 10.9 Å². The van der Waals surface area contributed by atoms with Crippen LogP contribution in [0.25, 0.3) is 11.1 Å². The van der Waals surface area contributed by atoms with Gasteiger partial charge in [0.1, 0.15) is 17.9 Å². The van der Waals surface area contributed by atoms with Gasteiger partial charge in [0.15, 0.2) is 0 Å². The molecule has 2 N–H and O–H groups in total. The molecular formula is C18H24N4O2. The second-order valence-corrected chi connectivity index (χ2v) is 7.89. The maximum atomic E-state index is 13.0. The van der Waals surface area contributed by atoms with E-state index >= 15 is 0 Å². The first-order chi connectivity index (χ1) is 11.3. The van der Waals surface area contributed by atoms with E-state index in [1.807, 2.05) is 6.92 Å². The van der Waals surface area contributed by atoms with Crippen LogP contribution < -0.4 is 10.6 Å². The van der Waals surface area contributed by atoms with Crippen LogP contribution in [0, 0.1) is 12.8 Å². The molecule has 2 aromatic rings. The molecule has 0 aromatic carbocycles. The van der Waals surface area contributed by atoms with Crippen molar-refractivity contribution in [3.63, 3.8) is 0 Å². The Bertz CT molecular complexity index is 816. The summed E-state index contributed by atoms with van der Waals surface area (Å²) in [6, 6.07) is 0. The van der Waals surface area contributed by atoms with Crippen molar-refractivity contribution in [2.75, 3.05) is 5.32 Å². The number of rotatable bonds is 5. The van der Waals surface area contributed by atoms with Crippen molar-refractivity contribution in [3.8, 4) is 0 Å². The average molecular weight is 328 g/mol. The van der Waals surface area contributed by atoms with Crippen molar-refractivity contribution in [2.45, 2.75) is 64.5 Å². The second-order valence-electron chi connectivity index (χ2n) is 7.89. The Hall–Kier alpha value is -2.11. The molecule has 1 amide bonds. The van der Waals surface area contributed by atoms with Crippen LogP contribution in [0.15, 0.2) is 10.7 Å². The standard InChI is InChI=1S/C18H24N4O2/c1-10(2)18(7-8-18)22-15(23)12-11(3)24-16-13(12)14(19-9-20-16)21-17(4)5-6-17/h9-10H,5-8H2,1-4H3,(H,22,23)(H,19,20,21). The molecule has 0 saturated heterocycles. The van der Waals surface area contributed by atoms with E-state index in [1.54, 1.807) is 0 Å². The van der Waals surface area contributed by atoms with Crippen LogP contribution in [0.1, 0.15) is 62.6 Å². The summed E-state index contributed by atoms with van der Waals surface area (Å²) < 4.78 is 5.74. The minimum absolute atomic E-state index is 0.0653. The lowest BCUT2D eigenvalue weighted by Gasteiger charge is -2.21. The van der Waals surface area contributed by atoms with Gasteiger partial charge in [-0.05, 0) is 45.4 Å². The highest BCUT2D eigenvalue weighted by atomic mass is 16.3. The third kappa shape index (κ3) is 2.44. The number of amides is 1. The van der Waals surface area contributed by atoms with Gasteiger partial charge >= 0.3 is 0 Å². The predicted molar refractivity (Wildman–Crippen MR) is 92.1 cm³/mol. The second kappa shape index (κ2) is 4.94. The van der Waals surface area contributed by atoms with Crippen molar-refractivity contribution >= 4 is 22.8 Å². The third-order valence-corrected chi connectivity index (χ3v) is 5.57. The molecule has 128 valence electrons. The van der Waals surface area contributed by atoms with E-state index < -0.39 is 0 Å². The van der Waals surface area contributed by atoms with Gasteiger partial charge in [0.2, 0.25) is 5.71 Å². The molecule has 2 fully saturated rings. The van der Waals surface area contributed by atoms with Gasteiger partial charge in [-0.1, -0.05) is 13.8 Å². The number of carbonyl (C=O) groups is 1. The minimum Gasteiger partial charge on any atom is -0.442 e. The molecule has 2 aliphatic carbocycles. The Morgan fingerprint density at radius 3 is 2.54 bits per heavy atom. The molecule has 2 saturated carbocycles. The first-order valence-corrected chi connectivity index (χ1v) is 8.68. The molecule has 0 atom stereocenters. The number of nitrogens with zero attached hydrogens (tertiary/aromatic N) is 2. The van der Waals surface area contributed by atoms with E-state index in [9.17, 15) is 4.79 Å². The molecule has 6 heteroatoms. The summed E-state index contributed by atoms with van der Waals surface area (Å²) in [7, 11) is 0. The first-order valence-electron chi connectivity index (χ1n) is 8.68. The molecule has 6 nitrogen and oxygen atoms in total. The lowest BCUT2D eigenvalue weighted by molar-refractivity contribution is 0.0918. The fraction of sp³-hybridized carbons (Fsp3) is 0.611. The summed E-state index contributed by atoms with van der Waals surface area (Å²) in [6.45, 7) is 8.27. The summed E-state index contributed by atoms with van der Waals surface area (Å²) >= 11 is 0. The molecule has 2 aliphatic rings. The molecule has 2 aromatic heterocycles. The summed E-state index contributed by atoms with van der Waals surface area (Å²) in [5, 5.41) is 7.37. The van der Waals surface area contributed by atoms with E-state index in [1.165, 1.54) is 6.33 Å². The topological polar surface area (TPSA) is 80.1 Å². The molecule has 2 heterocycles. The number of furan rings is 1. The molecule has 0 spiro atoms. The number of nitrogens with one attached hydrogen (secondary N) is 2. The van der Waals surface area contributed by atoms with Crippen LogP contribution in [-0.2, 0) is 0 Å². The summed E-state index contributed by atoms with van der Waals surface area (Å²) in [6.07, 6.45) is 5.76. The summed E-state index contributed by atoms with van der Waals surface area (Å²) in [5.41, 5.74) is 1.02. The van der Waals surface area contributed by atoms with E-state index in [0.29, 0.717) is 34.2 Å². The zero-order valence-corrected chi connectivity index (χ0v) is 14.7. The van der Waals surface area contributed by atoms with E-state index in [4.69, 9.17) is 4.42 Å². The quantitative estimate of drug-likeness (QED) is 0.879. The largest absolute Gasteiger partial charge is 0.442 e. The first kappa shape index (κ1) is 15.4. The van der Waals surface area contributed by atoms with Crippen molar-refractivity contribution in [3.05, 3.63) is 17.7 Å². The number of hydrogen-bond donors (Lipinski definition) is 2. The van der Waals surface area contributed by atoms with Crippen molar-refractivity contribution in [2.24, 2.45) is 5.92 Å². The van der Waals surface area contributed by atoms with Crippen LogP contribution >= 0.6 is 0 Å². The number of carbonyl (C=O) groups excluding carboxylic acids is 1. The molecule has 0 radical (unpaired) electrons. The van der Waals surface area contributed by atoms with E-state index in [2.05, 4.69) is 41.4 Å². The van der Waals surface area contributed by atoms with Gasteiger partial charge in [-0.25, -0.2) is 9.97 Å². The molecule has 0 aliphatic heterocycles. The van der Waals surface area contributed by atoms with Gasteiger partial charge in [-0.3, -0.25) is 4.79 Å². The van der Waals surface area contributed by atoms with Crippen LogP contribution in [0.4, 0.5) is 5.82 Å². The van der Waals surface area contributed by atoms with Gasteiger partial charge in [0.25, 0.3) is 5.91 Å². The Labute approximate surface area is 141 Å². The van der Waals surface area contributed by atoms with Crippen molar-refractivity contribution in [1.29, 1.82) is 0 Å². The monoisotopic (exact) mass is 328 g/mol.